The summed E-state index contributed by atoms with van der Waals surface area (Å²) in [6.07, 6.45) is 3.24. The Morgan fingerprint density at radius 3 is 2.23 bits per heavy atom. The number of guanidine groups is 1. The molecule has 0 bridgehead atoms. The van der Waals surface area contributed by atoms with E-state index in [0.29, 0.717) is 0 Å². The van der Waals surface area contributed by atoms with Crippen molar-refractivity contribution in [3.63, 3.8) is 0 Å². The molecule has 2 atom stereocenters. The summed E-state index contributed by atoms with van der Waals surface area (Å²) in [4.78, 5) is 9.47. The summed E-state index contributed by atoms with van der Waals surface area (Å²) in [7, 11) is 1.83. The highest BCUT2D eigenvalue weighted by atomic mass is 16.5. The van der Waals surface area contributed by atoms with Gasteiger partial charge in [-0.25, -0.2) is 0 Å². The number of hydrogen-bond acceptors (Lipinski definition) is 4. The molecule has 0 saturated carbocycles. The highest BCUT2D eigenvalue weighted by Gasteiger charge is 2.33. The number of nitrogens with one attached hydrogen (secondary N) is 2. The van der Waals surface area contributed by atoms with E-state index in [-0.39, 0.29) is 17.7 Å². The van der Waals surface area contributed by atoms with Crippen molar-refractivity contribution in [3.8, 4) is 0 Å². The Morgan fingerprint density at radius 2 is 1.63 bits per heavy atom. The third-order valence-electron chi connectivity index (χ3n) is 6.28. The zero-order chi connectivity index (χ0) is 21.6. The van der Waals surface area contributed by atoms with Crippen LogP contribution in [0.1, 0.15) is 51.7 Å². The minimum atomic E-state index is 0.0289. The van der Waals surface area contributed by atoms with Crippen LogP contribution < -0.4 is 10.6 Å². The number of hydrogen-bond donors (Lipinski definition) is 2. The fraction of sp³-hybridized carbons (Fsp3) is 0.708. The number of ether oxygens (including phenoxy) is 1. The average molecular weight is 416 g/mol. The summed E-state index contributed by atoms with van der Waals surface area (Å²) in [6, 6.07) is 8.98. The molecule has 1 aromatic carbocycles. The van der Waals surface area contributed by atoms with Crippen molar-refractivity contribution in [3.05, 3.63) is 35.4 Å². The van der Waals surface area contributed by atoms with Crippen LogP contribution in [0.2, 0.25) is 0 Å². The number of likely N-dealkylation sites (tertiary alicyclic amines) is 1. The van der Waals surface area contributed by atoms with Crippen molar-refractivity contribution >= 4 is 5.96 Å². The van der Waals surface area contributed by atoms with Crippen LogP contribution in [0.15, 0.2) is 29.3 Å². The van der Waals surface area contributed by atoms with Gasteiger partial charge in [-0.2, -0.15) is 0 Å². The maximum Gasteiger partial charge on any atom is 0.191 e. The lowest BCUT2D eigenvalue weighted by Crippen LogP contribution is -2.59. The number of benzene rings is 1. The van der Waals surface area contributed by atoms with E-state index in [0.717, 1.165) is 38.7 Å². The lowest BCUT2D eigenvalue weighted by atomic mass is 10.00. The van der Waals surface area contributed by atoms with E-state index in [1.807, 2.05) is 7.05 Å². The molecule has 0 aromatic heterocycles. The zero-order valence-corrected chi connectivity index (χ0v) is 19.6. The molecule has 0 aliphatic carbocycles. The van der Waals surface area contributed by atoms with Gasteiger partial charge in [0.15, 0.2) is 5.96 Å². The standard InChI is InChI=1S/C24H41N5O/c1-19-15-29(16-20(2)30-19)24(3,4)18-27-23(25-5)26-14-21-8-10-22(11-9-21)17-28-12-6-7-13-28/h8-11,19-20H,6-7,12-18H2,1-5H3,(H2,25,26,27). The van der Waals surface area contributed by atoms with Crippen molar-refractivity contribution in [2.24, 2.45) is 4.99 Å². The summed E-state index contributed by atoms with van der Waals surface area (Å²) in [5.74, 6) is 0.846. The molecule has 168 valence electrons. The lowest BCUT2D eigenvalue weighted by molar-refractivity contribution is -0.0946. The minimum Gasteiger partial charge on any atom is -0.373 e. The molecule has 2 fully saturated rings. The van der Waals surface area contributed by atoms with Crippen molar-refractivity contribution in [1.82, 2.24) is 20.4 Å². The van der Waals surface area contributed by atoms with Gasteiger partial charge >= 0.3 is 0 Å². The average Bonchev–Trinajstić information content (AvgIpc) is 3.21. The molecule has 2 saturated heterocycles. The van der Waals surface area contributed by atoms with Gasteiger partial charge in [-0.3, -0.25) is 14.8 Å². The number of rotatable bonds is 7. The Morgan fingerprint density at radius 1 is 1.03 bits per heavy atom. The Kier molecular flexibility index (Phi) is 8.14. The minimum absolute atomic E-state index is 0.0289. The molecule has 3 rings (SSSR count). The second kappa shape index (κ2) is 10.6. The molecule has 2 aliphatic heterocycles. The Labute approximate surface area is 183 Å². The maximum atomic E-state index is 5.89. The Bertz CT molecular complexity index is 671. The van der Waals surface area contributed by atoms with Crippen molar-refractivity contribution in [1.29, 1.82) is 0 Å². The van der Waals surface area contributed by atoms with Crippen LogP contribution in [-0.2, 0) is 17.8 Å². The molecule has 30 heavy (non-hydrogen) atoms. The van der Waals surface area contributed by atoms with Crippen LogP contribution in [0.4, 0.5) is 0 Å². The molecule has 0 spiro atoms. The predicted octanol–water partition coefficient (Wildman–Crippen LogP) is 2.84. The van der Waals surface area contributed by atoms with Gasteiger partial charge in [-0.05, 0) is 64.8 Å². The molecule has 0 amide bonds. The first-order valence-electron chi connectivity index (χ1n) is 11.5. The molecule has 2 N–H and O–H groups in total. The van der Waals surface area contributed by atoms with Crippen LogP contribution in [0.3, 0.4) is 0 Å². The van der Waals surface area contributed by atoms with E-state index in [1.165, 1.54) is 37.1 Å². The highest BCUT2D eigenvalue weighted by Crippen LogP contribution is 2.20. The molecule has 6 nitrogen and oxygen atoms in total. The van der Waals surface area contributed by atoms with E-state index >= 15 is 0 Å². The smallest absolute Gasteiger partial charge is 0.191 e. The number of nitrogens with zero attached hydrogens (tertiary/aromatic N) is 3. The monoisotopic (exact) mass is 415 g/mol. The molecule has 1 aromatic rings. The quantitative estimate of drug-likeness (QED) is 0.530. The summed E-state index contributed by atoms with van der Waals surface area (Å²) in [6.45, 7) is 16.0. The van der Waals surface area contributed by atoms with E-state index in [1.54, 1.807) is 0 Å². The molecule has 2 unspecified atom stereocenters. The van der Waals surface area contributed by atoms with Crippen LogP contribution >= 0.6 is 0 Å². The van der Waals surface area contributed by atoms with Crippen LogP contribution in [0.5, 0.6) is 0 Å². The predicted molar refractivity (Wildman–Crippen MR) is 125 cm³/mol. The van der Waals surface area contributed by atoms with Gasteiger partial charge in [0.1, 0.15) is 0 Å². The van der Waals surface area contributed by atoms with Crippen molar-refractivity contribution in [2.75, 3.05) is 39.8 Å². The third-order valence-corrected chi connectivity index (χ3v) is 6.28. The van der Waals surface area contributed by atoms with E-state index in [4.69, 9.17) is 4.74 Å². The summed E-state index contributed by atoms with van der Waals surface area (Å²) >= 11 is 0. The zero-order valence-electron chi connectivity index (χ0n) is 19.6. The molecule has 6 heteroatoms. The number of morpholine rings is 1. The topological polar surface area (TPSA) is 52.1 Å². The van der Waals surface area contributed by atoms with Gasteiger partial charge in [0, 0.05) is 45.3 Å². The Hall–Kier alpha value is -1.63. The normalized spacial score (nSPS) is 24.2. The van der Waals surface area contributed by atoms with Crippen molar-refractivity contribution < 1.29 is 4.74 Å². The molecular formula is C24H41N5O. The van der Waals surface area contributed by atoms with E-state index in [9.17, 15) is 0 Å². The second-order valence-electron chi connectivity index (χ2n) is 9.55. The first-order valence-corrected chi connectivity index (χ1v) is 11.5. The summed E-state index contributed by atoms with van der Waals surface area (Å²) in [5.41, 5.74) is 2.71. The second-order valence-corrected chi connectivity index (χ2v) is 9.55. The largest absolute Gasteiger partial charge is 0.373 e. The van der Waals surface area contributed by atoms with E-state index < -0.39 is 0 Å². The molecular weight excluding hydrogens is 374 g/mol. The van der Waals surface area contributed by atoms with Gasteiger partial charge in [0.25, 0.3) is 0 Å². The summed E-state index contributed by atoms with van der Waals surface area (Å²) in [5, 5.41) is 6.97. The van der Waals surface area contributed by atoms with E-state index in [2.05, 4.69) is 77.4 Å². The third kappa shape index (κ3) is 6.69. The SMILES string of the molecule is CN=C(NCc1ccc(CN2CCCC2)cc1)NCC(C)(C)N1CC(C)OC(C)C1. The molecule has 2 heterocycles. The summed E-state index contributed by atoms with van der Waals surface area (Å²) < 4.78 is 5.89. The van der Waals surface area contributed by atoms with Gasteiger partial charge in [0.05, 0.1) is 12.2 Å². The van der Waals surface area contributed by atoms with Crippen LogP contribution in [-0.4, -0.2) is 73.3 Å². The fourth-order valence-electron chi connectivity index (χ4n) is 4.45. The molecule has 2 aliphatic rings. The lowest BCUT2D eigenvalue weighted by Gasteiger charge is -2.45. The fourth-order valence-corrected chi connectivity index (χ4v) is 4.45. The molecule has 0 radical (unpaired) electrons. The Balaban J connectivity index is 1.45. The van der Waals surface area contributed by atoms with Gasteiger partial charge in [0.2, 0.25) is 0 Å². The van der Waals surface area contributed by atoms with Crippen molar-refractivity contribution in [2.45, 2.75) is 71.4 Å². The van der Waals surface area contributed by atoms with Crippen LogP contribution in [0.25, 0.3) is 0 Å². The first kappa shape index (κ1) is 23.0. The van der Waals surface area contributed by atoms with Gasteiger partial charge < -0.3 is 15.4 Å². The highest BCUT2D eigenvalue weighted by molar-refractivity contribution is 5.79. The van der Waals surface area contributed by atoms with Gasteiger partial charge in [-0.1, -0.05) is 24.3 Å². The first-order chi connectivity index (χ1) is 14.4. The van der Waals surface area contributed by atoms with Crippen LogP contribution in [0, 0.1) is 0 Å². The maximum absolute atomic E-state index is 5.89. The van der Waals surface area contributed by atoms with Gasteiger partial charge in [-0.15, -0.1) is 0 Å². The number of aliphatic imine (C=N–C) groups is 1.